The van der Waals surface area contributed by atoms with E-state index in [4.69, 9.17) is 14.2 Å². The lowest BCUT2D eigenvalue weighted by Crippen LogP contribution is -2.46. The van der Waals surface area contributed by atoms with E-state index in [1.807, 2.05) is 0 Å². The van der Waals surface area contributed by atoms with Crippen LogP contribution in [0.5, 0.6) is 5.75 Å². The Labute approximate surface area is 180 Å². The molecule has 170 valence electrons. The maximum atomic E-state index is 13.3. The molecule has 2 amide bonds. The summed E-state index contributed by atoms with van der Waals surface area (Å²) in [6.45, 7) is 9.91. The lowest BCUT2D eigenvalue weighted by Gasteiger charge is -2.28. The van der Waals surface area contributed by atoms with Gasteiger partial charge in [-0.3, -0.25) is 19.7 Å². The molecule has 1 atom stereocenters. The van der Waals surface area contributed by atoms with E-state index in [9.17, 15) is 24.5 Å². The van der Waals surface area contributed by atoms with Crippen LogP contribution in [-0.2, 0) is 25.5 Å². The van der Waals surface area contributed by atoms with Gasteiger partial charge in [-0.1, -0.05) is 0 Å². The van der Waals surface area contributed by atoms with E-state index in [1.54, 1.807) is 41.5 Å². The molecule has 1 aliphatic rings. The van der Waals surface area contributed by atoms with Gasteiger partial charge in [0.25, 0.3) is 5.91 Å². The van der Waals surface area contributed by atoms with Gasteiger partial charge in [-0.05, 0) is 59.9 Å². The summed E-state index contributed by atoms with van der Waals surface area (Å²) in [6, 6.07) is 2.49. The number of nitrogens with zero attached hydrogens (tertiary/aromatic N) is 2. The highest BCUT2D eigenvalue weighted by molar-refractivity contribution is 6.19. The van der Waals surface area contributed by atoms with Crippen LogP contribution in [0, 0.1) is 16.0 Å². The number of aryl methyl sites for hydroxylation is 1. The number of anilines is 1. The van der Waals surface area contributed by atoms with Crippen LogP contribution < -0.4 is 9.64 Å². The van der Waals surface area contributed by atoms with Gasteiger partial charge in [0, 0.05) is 12.1 Å². The highest BCUT2D eigenvalue weighted by atomic mass is 16.6. The minimum Gasteiger partial charge on any atom is -0.490 e. The number of methoxy groups -OCH3 is 1. The SMILES string of the molecule is COc1cc2c(cc1[N+](=O)[O-])CC[C@H](C(=O)OC(C)(C)C)C(=O)N2C(=O)OC(C)(C)C. The fraction of sp³-hybridized carbons (Fsp3) is 0.571. The summed E-state index contributed by atoms with van der Waals surface area (Å²) >= 11 is 0. The number of carbonyl (C=O) groups excluding carboxylic acids is 3. The largest absolute Gasteiger partial charge is 0.490 e. The van der Waals surface area contributed by atoms with E-state index in [2.05, 4.69) is 0 Å². The third-order valence-electron chi connectivity index (χ3n) is 4.31. The van der Waals surface area contributed by atoms with E-state index in [1.165, 1.54) is 19.2 Å². The number of esters is 1. The molecule has 0 spiro atoms. The Balaban J connectivity index is 2.62. The molecule has 0 saturated carbocycles. The summed E-state index contributed by atoms with van der Waals surface area (Å²) in [5.74, 6) is -3.00. The van der Waals surface area contributed by atoms with Crippen molar-refractivity contribution in [2.45, 2.75) is 65.6 Å². The number of benzene rings is 1. The molecule has 0 aromatic heterocycles. The second-order valence-electron chi connectivity index (χ2n) is 9.19. The zero-order valence-electron chi connectivity index (χ0n) is 18.8. The van der Waals surface area contributed by atoms with Crippen LogP contribution in [0.4, 0.5) is 16.2 Å². The quantitative estimate of drug-likeness (QED) is 0.303. The molecule has 31 heavy (non-hydrogen) atoms. The fourth-order valence-corrected chi connectivity index (χ4v) is 3.10. The Morgan fingerprint density at radius 3 is 2.16 bits per heavy atom. The molecule has 10 nitrogen and oxygen atoms in total. The molecule has 1 heterocycles. The standard InChI is InChI=1S/C21H28N2O8/c1-20(2,3)30-18(25)13-9-8-12-10-15(23(27)28)16(29-7)11-14(12)22(17(13)24)19(26)31-21(4,5)6/h10-11,13H,8-9H2,1-7H3/t13-/m0/s1. The van der Waals surface area contributed by atoms with Gasteiger partial charge in [-0.2, -0.15) is 0 Å². The smallest absolute Gasteiger partial charge is 0.421 e. The summed E-state index contributed by atoms with van der Waals surface area (Å²) in [7, 11) is 1.24. The summed E-state index contributed by atoms with van der Waals surface area (Å²) < 4.78 is 15.8. The molecule has 0 aliphatic carbocycles. The van der Waals surface area contributed by atoms with Crippen LogP contribution in [0.3, 0.4) is 0 Å². The average molecular weight is 436 g/mol. The van der Waals surface area contributed by atoms with Crippen LogP contribution >= 0.6 is 0 Å². The number of imide groups is 1. The minimum absolute atomic E-state index is 0.0174. The third-order valence-corrected chi connectivity index (χ3v) is 4.31. The molecule has 0 fully saturated rings. The number of rotatable bonds is 3. The van der Waals surface area contributed by atoms with Crippen molar-refractivity contribution < 1.29 is 33.5 Å². The van der Waals surface area contributed by atoms with Crippen molar-refractivity contribution in [3.8, 4) is 5.75 Å². The van der Waals surface area contributed by atoms with Crippen molar-refractivity contribution in [3.63, 3.8) is 0 Å². The van der Waals surface area contributed by atoms with Gasteiger partial charge >= 0.3 is 17.7 Å². The summed E-state index contributed by atoms with van der Waals surface area (Å²) in [6.07, 6.45) is -0.844. The van der Waals surface area contributed by atoms with E-state index in [-0.39, 0.29) is 30.0 Å². The lowest BCUT2D eigenvalue weighted by atomic mass is 9.99. The maximum Gasteiger partial charge on any atom is 0.421 e. The molecule has 0 N–H and O–H groups in total. The number of carbonyl (C=O) groups is 3. The van der Waals surface area contributed by atoms with Gasteiger partial charge in [0.15, 0.2) is 5.75 Å². The molecule has 10 heteroatoms. The molecular weight excluding hydrogens is 408 g/mol. The molecule has 0 radical (unpaired) electrons. The zero-order chi connectivity index (χ0) is 23.7. The Bertz CT molecular complexity index is 911. The van der Waals surface area contributed by atoms with Gasteiger partial charge in [-0.25, -0.2) is 9.69 Å². The highest BCUT2D eigenvalue weighted by Gasteiger charge is 2.42. The maximum absolute atomic E-state index is 13.3. The minimum atomic E-state index is -1.27. The first-order valence-electron chi connectivity index (χ1n) is 9.79. The molecule has 0 unspecified atom stereocenters. The number of ether oxygens (including phenoxy) is 3. The van der Waals surface area contributed by atoms with Crippen molar-refractivity contribution in [1.82, 2.24) is 0 Å². The number of fused-ring (bicyclic) bond motifs is 1. The van der Waals surface area contributed by atoms with Gasteiger partial charge in [0.2, 0.25) is 0 Å². The number of nitro benzene ring substituents is 1. The molecule has 1 aromatic carbocycles. The van der Waals surface area contributed by atoms with Gasteiger partial charge in [0.1, 0.15) is 17.1 Å². The summed E-state index contributed by atoms with van der Waals surface area (Å²) in [5.41, 5.74) is -1.65. The second kappa shape index (κ2) is 8.52. The van der Waals surface area contributed by atoms with Crippen LogP contribution in [0.1, 0.15) is 53.5 Å². The predicted molar refractivity (Wildman–Crippen MR) is 111 cm³/mol. The van der Waals surface area contributed by atoms with Crippen molar-refractivity contribution in [1.29, 1.82) is 0 Å². The van der Waals surface area contributed by atoms with Gasteiger partial charge in [0.05, 0.1) is 17.7 Å². The number of hydrogen-bond donors (Lipinski definition) is 0. The molecular formula is C21H28N2O8. The number of hydrogen-bond acceptors (Lipinski definition) is 8. The first-order valence-corrected chi connectivity index (χ1v) is 9.79. The van der Waals surface area contributed by atoms with Crippen LogP contribution in [0.2, 0.25) is 0 Å². The number of amides is 2. The van der Waals surface area contributed by atoms with Crippen LogP contribution in [-0.4, -0.2) is 41.2 Å². The fourth-order valence-electron chi connectivity index (χ4n) is 3.10. The Kier molecular flexibility index (Phi) is 6.63. The van der Waals surface area contributed by atoms with E-state index >= 15 is 0 Å². The van der Waals surface area contributed by atoms with Crippen LogP contribution in [0.25, 0.3) is 0 Å². The summed E-state index contributed by atoms with van der Waals surface area (Å²) in [5, 5.41) is 11.4. The monoisotopic (exact) mass is 436 g/mol. The lowest BCUT2D eigenvalue weighted by molar-refractivity contribution is -0.385. The van der Waals surface area contributed by atoms with Gasteiger partial charge < -0.3 is 14.2 Å². The second-order valence-corrected chi connectivity index (χ2v) is 9.19. The van der Waals surface area contributed by atoms with Crippen molar-refractivity contribution >= 4 is 29.3 Å². The Hall–Kier alpha value is -3.17. The van der Waals surface area contributed by atoms with E-state index in [0.29, 0.717) is 5.56 Å². The van der Waals surface area contributed by atoms with E-state index < -0.39 is 40.0 Å². The van der Waals surface area contributed by atoms with Crippen molar-refractivity contribution in [2.24, 2.45) is 5.92 Å². The first-order chi connectivity index (χ1) is 14.1. The van der Waals surface area contributed by atoms with Crippen molar-refractivity contribution in [3.05, 3.63) is 27.8 Å². The molecule has 1 aromatic rings. The van der Waals surface area contributed by atoms with Crippen LogP contribution in [0.15, 0.2) is 12.1 Å². The molecule has 1 aliphatic heterocycles. The first kappa shape index (κ1) is 24.1. The normalized spacial score (nSPS) is 16.8. The molecule has 0 saturated heterocycles. The average Bonchev–Trinajstić information content (AvgIpc) is 2.72. The summed E-state index contributed by atoms with van der Waals surface area (Å²) in [4.78, 5) is 50.6. The number of nitro groups is 1. The van der Waals surface area contributed by atoms with Crippen molar-refractivity contribution in [2.75, 3.05) is 12.0 Å². The van der Waals surface area contributed by atoms with Gasteiger partial charge in [-0.15, -0.1) is 0 Å². The Morgan fingerprint density at radius 1 is 1.10 bits per heavy atom. The topological polar surface area (TPSA) is 125 Å². The molecule has 2 rings (SSSR count). The van der Waals surface area contributed by atoms with E-state index in [0.717, 1.165) is 4.90 Å². The highest BCUT2D eigenvalue weighted by Crippen LogP contribution is 2.39. The Morgan fingerprint density at radius 2 is 1.68 bits per heavy atom. The third kappa shape index (κ3) is 5.71. The predicted octanol–water partition coefficient (Wildman–Crippen LogP) is 3.78. The zero-order valence-corrected chi connectivity index (χ0v) is 18.8. The molecule has 0 bridgehead atoms.